The van der Waals surface area contributed by atoms with E-state index in [2.05, 4.69) is 23.1 Å². The highest BCUT2D eigenvalue weighted by Crippen LogP contribution is 2.18. The molecule has 0 radical (unpaired) electrons. The molecule has 2 nitrogen and oxygen atoms in total. The molecule has 1 aliphatic carbocycles. The van der Waals surface area contributed by atoms with Crippen LogP contribution in [-0.4, -0.2) is 10.9 Å². The lowest BCUT2D eigenvalue weighted by Crippen LogP contribution is -2.05. The first-order valence-corrected chi connectivity index (χ1v) is 7.96. The Labute approximate surface area is 137 Å². The van der Waals surface area contributed by atoms with E-state index in [1.807, 2.05) is 54.6 Å². The molecule has 0 spiro atoms. The van der Waals surface area contributed by atoms with E-state index in [4.69, 9.17) is 0 Å². The summed E-state index contributed by atoms with van der Waals surface area (Å²) in [6.45, 7) is 0. The average Bonchev–Trinajstić information content (AvgIpc) is 2.63. The van der Waals surface area contributed by atoms with Crippen molar-refractivity contribution < 1.29 is 5.21 Å². The second-order valence-corrected chi connectivity index (χ2v) is 5.59. The van der Waals surface area contributed by atoms with Gasteiger partial charge in [0.2, 0.25) is 0 Å². The largest absolute Gasteiger partial charge is 0.410 e. The zero-order valence-electron chi connectivity index (χ0n) is 13.0. The maximum absolute atomic E-state index is 9.50. The molecule has 0 aromatic heterocycles. The lowest BCUT2D eigenvalue weighted by atomic mass is 9.96. The quantitative estimate of drug-likeness (QED) is 0.369. The summed E-state index contributed by atoms with van der Waals surface area (Å²) in [6, 6.07) is 17.5. The number of rotatable bonds is 2. The van der Waals surface area contributed by atoms with E-state index in [1.54, 1.807) is 0 Å². The summed E-state index contributed by atoms with van der Waals surface area (Å²) < 4.78 is 0. The van der Waals surface area contributed by atoms with Crippen molar-refractivity contribution in [2.45, 2.75) is 25.7 Å². The minimum absolute atomic E-state index is 0.549. The predicted octanol–water partition coefficient (Wildman–Crippen LogP) is 4.77. The predicted molar refractivity (Wildman–Crippen MR) is 93.7 cm³/mol. The molecule has 0 saturated heterocycles. The minimum Gasteiger partial charge on any atom is -0.410 e. The number of hydrogen-bond acceptors (Lipinski definition) is 2. The maximum Gasteiger partial charge on any atom is 0.118 e. The third-order valence-electron chi connectivity index (χ3n) is 3.98. The molecule has 1 N–H and O–H groups in total. The minimum atomic E-state index is 0.549. The Morgan fingerprint density at radius 1 is 0.913 bits per heavy atom. The SMILES string of the molecule is O/N=C(/c1ccccc1)c1ccccc1C#CC1=CCCCC1. The fourth-order valence-corrected chi connectivity index (χ4v) is 2.76. The fourth-order valence-electron chi connectivity index (χ4n) is 2.76. The van der Waals surface area contributed by atoms with E-state index in [-0.39, 0.29) is 0 Å². The molecule has 0 fully saturated rings. The zero-order chi connectivity index (χ0) is 15.9. The highest BCUT2D eigenvalue weighted by atomic mass is 16.4. The Hall–Kier alpha value is -2.79. The Balaban J connectivity index is 1.98. The summed E-state index contributed by atoms with van der Waals surface area (Å²) in [6.07, 6.45) is 6.90. The van der Waals surface area contributed by atoms with Crippen molar-refractivity contribution in [3.05, 3.63) is 82.9 Å². The molecule has 0 atom stereocenters. The van der Waals surface area contributed by atoms with Gasteiger partial charge in [0.25, 0.3) is 0 Å². The molecule has 0 amide bonds. The molecule has 1 aliphatic rings. The van der Waals surface area contributed by atoms with Gasteiger partial charge in [-0.3, -0.25) is 0 Å². The van der Waals surface area contributed by atoms with Crippen LogP contribution in [0.2, 0.25) is 0 Å². The summed E-state index contributed by atoms with van der Waals surface area (Å²) in [5.74, 6) is 6.54. The van der Waals surface area contributed by atoms with Gasteiger partial charge in [0.1, 0.15) is 5.71 Å². The van der Waals surface area contributed by atoms with Crippen molar-refractivity contribution in [3.8, 4) is 11.8 Å². The Kier molecular flexibility index (Phi) is 4.91. The van der Waals surface area contributed by atoms with Gasteiger partial charge in [-0.1, -0.05) is 71.6 Å². The van der Waals surface area contributed by atoms with E-state index in [1.165, 1.54) is 18.4 Å². The number of allylic oxidation sites excluding steroid dienone is 2. The number of nitrogens with zero attached hydrogens (tertiary/aromatic N) is 1. The van der Waals surface area contributed by atoms with Crippen molar-refractivity contribution in [2.75, 3.05) is 0 Å². The van der Waals surface area contributed by atoms with Crippen LogP contribution in [0, 0.1) is 11.8 Å². The summed E-state index contributed by atoms with van der Waals surface area (Å²) in [7, 11) is 0. The first kappa shape index (κ1) is 15.1. The van der Waals surface area contributed by atoms with Gasteiger partial charge in [-0.2, -0.15) is 0 Å². The molecule has 0 aliphatic heterocycles. The highest BCUT2D eigenvalue weighted by molar-refractivity contribution is 6.13. The van der Waals surface area contributed by atoms with Crippen LogP contribution in [-0.2, 0) is 0 Å². The standard InChI is InChI=1S/C21H19NO/c23-22-21(19-12-5-2-6-13-19)20-14-8-7-11-18(20)16-15-17-9-3-1-4-10-17/h2,5-9,11-14,23H,1,3-4,10H2/b22-21-. The van der Waals surface area contributed by atoms with Gasteiger partial charge in [0.05, 0.1) is 0 Å². The van der Waals surface area contributed by atoms with E-state index in [0.717, 1.165) is 29.5 Å². The Morgan fingerprint density at radius 3 is 2.43 bits per heavy atom. The first-order valence-electron chi connectivity index (χ1n) is 7.96. The van der Waals surface area contributed by atoms with Crippen molar-refractivity contribution in [1.29, 1.82) is 0 Å². The molecule has 2 heteroatoms. The Morgan fingerprint density at radius 2 is 1.70 bits per heavy atom. The van der Waals surface area contributed by atoms with Gasteiger partial charge < -0.3 is 5.21 Å². The fraction of sp³-hybridized carbons (Fsp3) is 0.190. The molecule has 2 aromatic carbocycles. The van der Waals surface area contributed by atoms with Gasteiger partial charge >= 0.3 is 0 Å². The van der Waals surface area contributed by atoms with E-state index < -0.39 is 0 Å². The summed E-state index contributed by atoms with van der Waals surface area (Å²) in [4.78, 5) is 0. The number of benzene rings is 2. The Bertz CT molecular complexity index is 791. The molecular formula is C21H19NO. The van der Waals surface area contributed by atoms with Crippen LogP contribution in [0.15, 0.2) is 71.4 Å². The van der Waals surface area contributed by atoms with Crippen LogP contribution >= 0.6 is 0 Å². The highest BCUT2D eigenvalue weighted by Gasteiger charge is 2.11. The van der Waals surface area contributed by atoms with Gasteiger partial charge in [-0.05, 0) is 37.3 Å². The van der Waals surface area contributed by atoms with Gasteiger partial charge in [0, 0.05) is 16.7 Å². The van der Waals surface area contributed by atoms with Crippen LogP contribution in [0.3, 0.4) is 0 Å². The average molecular weight is 301 g/mol. The lowest BCUT2D eigenvalue weighted by molar-refractivity contribution is 0.319. The maximum atomic E-state index is 9.50. The third-order valence-corrected chi connectivity index (χ3v) is 3.98. The topological polar surface area (TPSA) is 32.6 Å². The molecule has 0 unspecified atom stereocenters. The van der Waals surface area contributed by atoms with Crippen LogP contribution in [0.4, 0.5) is 0 Å². The van der Waals surface area contributed by atoms with Crippen molar-refractivity contribution >= 4 is 5.71 Å². The van der Waals surface area contributed by atoms with Crippen LogP contribution in [0.25, 0.3) is 0 Å². The van der Waals surface area contributed by atoms with Crippen molar-refractivity contribution in [2.24, 2.45) is 5.16 Å². The van der Waals surface area contributed by atoms with E-state index in [9.17, 15) is 5.21 Å². The first-order chi connectivity index (χ1) is 11.4. The second-order valence-electron chi connectivity index (χ2n) is 5.59. The monoisotopic (exact) mass is 301 g/mol. The summed E-state index contributed by atoms with van der Waals surface area (Å²) >= 11 is 0. The summed E-state index contributed by atoms with van der Waals surface area (Å²) in [5.41, 5.74) is 4.38. The van der Waals surface area contributed by atoms with Gasteiger partial charge in [-0.25, -0.2) is 0 Å². The van der Waals surface area contributed by atoms with Crippen molar-refractivity contribution in [3.63, 3.8) is 0 Å². The molecule has 3 rings (SSSR count). The normalized spacial score (nSPS) is 14.6. The summed E-state index contributed by atoms with van der Waals surface area (Å²) in [5, 5.41) is 13.0. The smallest absolute Gasteiger partial charge is 0.118 e. The van der Waals surface area contributed by atoms with Crippen LogP contribution in [0.5, 0.6) is 0 Å². The molecule has 114 valence electrons. The molecular weight excluding hydrogens is 282 g/mol. The molecule has 2 aromatic rings. The van der Waals surface area contributed by atoms with Crippen LogP contribution < -0.4 is 0 Å². The van der Waals surface area contributed by atoms with Gasteiger partial charge in [-0.15, -0.1) is 0 Å². The van der Waals surface area contributed by atoms with E-state index >= 15 is 0 Å². The van der Waals surface area contributed by atoms with Gasteiger partial charge in [0.15, 0.2) is 0 Å². The molecule has 0 bridgehead atoms. The molecule has 23 heavy (non-hydrogen) atoms. The molecule has 0 saturated carbocycles. The van der Waals surface area contributed by atoms with E-state index in [0.29, 0.717) is 5.71 Å². The lowest BCUT2D eigenvalue weighted by Gasteiger charge is -2.08. The van der Waals surface area contributed by atoms with Crippen molar-refractivity contribution in [1.82, 2.24) is 0 Å². The zero-order valence-corrected chi connectivity index (χ0v) is 13.0. The molecule has 0 heterocycles. The van der Waals surface area contributed by atoms with Crippen LogP contribution in [0.1, 0.15) is 42.4 Å². The number of hydrogen-bond donors (Lipinski definition) is 1. The third kappa shape index (κ3) is 3.70. The number of oxime groups is 1. The second kappa shape index (κ2) is 7.47.